The maximum absolute atomic E-state index is 13.5. The van der Waals surface area contributed by atoms with Crippen molar-refractivity contribution in [3.63, 3.8) is 0 Å². The lowest BCUT2D eigenvalue weighted by molar-refractivity contribution is -0.124. The fraction of sp³-hybridized carbons (Fsp3) is 0.333. The third kappa shape index (κ3) is 5.16. The molecular formula is C30H30ClN5O2. The number of nitrogens with zero attached hydrogens (tertiary/aromatic N) is 4. The van der Waals surface area contributed by atoms with E-state index in [9.17, 15) is 9.59 Å². The zero-order chi connectivity index (χ0) is 26.1. The summed E-state index contributed by atoms with van der Waals surface area (Å²) in [6.07, 6.45) is 5.53. The van der Waals surface area contributed by atoms with Crippen molar-refractivity contribution in [2.45, 2.75) is 31.6 Å². The first-order valence-corrected chi connectivity index (χ1v) is 13.7. The molecule has 1 saturated heterocycles. The molecule has 7 nitrogen and oxygen atoms in total. The van der Waals surface area contributed by atoms with Gasteiger partial charge in [0.15, 0.2) is 5.84 Å². The summed E-state index contributed by atoms with van der Waals surface area (Å²) in [5, 5.41) is 6.01. The average molecular weight is 528 g/mol. The van der Waals surface area contributed by atoms with Gasteiger partial charge in [-0.3, -0.25) is 14.6 Å². The Morgan fingerprint density at radius 2 is 1.71 bits per heavy atom. The second kappa shape index (κ2) is 10.6. The lowest BCUT2D eigenvalue weighted by atomic mass is 10.0. The Labute approximate surface area is 227 Å². The molecule has 0 spiro atoms. The second-order valence-corrected chi connectivity index (χ2v) is 10.6. The summed E-state index contributed by atoms with van der Waals surface area (Å²) in [5.41, 5.74) is 3.62. The van der Waals surface area contributed by atoms with Crippen LogP contribution in [0, 0.1) is 0 Å². The summed E-state index contributed by atoms with van der Waals surface area (Å²) in [4.78, 5) is 39.8. The Morgan fingerprint density at radius 1 is 0.921 bits per heavy atom. The topological polar surface area (TPSA) is 77.9 Å². The molecule has 3 heterocycles. The molecule has 0 radical (unpaired) electrons. The minimum Gasteiger partial charge on any atom is -0.342 e. The first-order valence-electron chi connectivity index (χ1n) is 13.3. The zero-order valence-corrected chi connectivity index (χ0v) is 22.0. The van der Waals surface area contributed by atoms with Crippen LogP contribution in [0.15, 0.2) is 65.8 Å². The third-order valence-corrected chi connectivity index (χ3v) is 7.69. The number of aromatic nitrogens is 1. The van der Waals surface area contributed by atoms with E-state index in [0.29, 0.717) is 68.0 Å². The van der Waals surface area contributed by atoms with Crippen LogP contribution >= 0.6 is 11.6 Å². The van der Waals surface area contributed by atoms with Gasteiger partial charge in [0.25, 0.3) is 11.8 Å². The summed E-state index contributed by atoms with van der Waals surface area (Å²) < 4.78 is 0. The van der Waals surface area contributed by atoms with Gasteiger partial charge in [0, 0.05) is 55.3 Å². The van der Waals surface area contributed by atoms with E-state index < -0.39 is 0 Å². The van der Waals surface area contributed by atoms with Gasteiger partial charge in [-0.1, -0.05) is 48.0 Å². The number of hydrogen-bond donors (Lipinski definition) is 1. The molecule has 2 fully saturated rings. The van der Waals surface area contributed by atoms with Crippen molar-refractivity contribution in [3.05, 3.63) is 82.8 Å². The van der Waals surface area contributed by atoms with E-state index in [1.807, 2.05) is 53.6 Å². The molecule has 1 aromatic heterocycles. The van der Waals surface area contributed by atoms with Gasteiger partial charge in [0.05, 0.1) is 5.69 Å². The largest absolute Gasteiger partial charge is 0.342 e. The van der Waals surface area contributed by atoms with Gasteiger partial charge >= 0.3 is 0 Å². The van der Waals surface area contributed by atoms with Crippen LogP contribution in [0.4, 0.5) is 0 Å². The van der Waals surface area contributed by atoms with Crippen LogP contribution in [0.2, 0.25) is 5.02 Å². The monoisotopic (exact) mass is 527 g/mol. The number of hydrogen-bond acceptors (Lipinski definition) is 5. The fourth-order valence-corrected chi connectivity index (χ4v) is 5.44. The van der Waals surface area contributed by atoms with E-state index in [1.165, 1.54) is 0 Å². The number of nitrogens with one attached hydrogen (secondary N) is 1. The smallest absolute Gasteiger partial charge is 0.289 e. The highest BCUT2D eigenvalue weighted by atomic mass is 35.5. The van der Waals surface area contributed by atoms with E-state index >= 15 is 0 Å². The summed E-state index contributed by atoms with van der Waals surface area (Å²) in [5.74, 6) is 0.590. The molecule has 2 aliphatic heterocycles. The summed E-state index contributed by atoms with van der Waals surface area (Å²) in [6, 6.07) is 17.8. The van der Waals surface area contributed by atoms with Crippen LogP contribution in [0.3, 0.4) is 0 Å². The van der Waals surface area contributed by atoms with Crippen LogP contribution in [-0.4, -0.2) is 65.2 Å². The van der Waals surface area contributed by atoms with Crippen LogP contribution < -0.4 is 5.32 Å². The molecular weight excluding hydrogens is 498 g/mol. The van der Waals surface area contributed by atoms with E-state index in [2.05, 4.69) is 22.4 Å². The lowest BCUT2D eigenvalue weighted by Gasteiger charge is -2.22. The Bertz CT molecular complexity index is 1460. The van der Waals surface area contributed by atoms with Gasteiger partial charge in [-0.05, 0) is 60.4 Å². The number of amidine groups is 1. The molecule has 194 valence electrons. The third-order valence-electron chi connectivity index (χ3n) is 7.46. The Balaban J connectivity index is 1.13. The Morgan fingerprint density at radius 3 is 2.50 bits per heavy atom. The van der Waals surface area contributed by atoms with Crippen molar-refractivity contribution in [1.82, 2.24) is 20.1 Å². The molecule has 2 aromatic carbocycles. The molecule has 0 atom stereocenters. The van der Waals surface area contributed by atoms with Gasteiger partial charge in [-0.2, -0.15) is 0 Å². The maximum atomic E-state index is 13.5. The number of fused-ring (bicyclic) bond motifs is 1. The first-order chi connectivity index (χ1) is 18.6. The zero-order valence-electron chi connectivity index (χ0n) is 21.2. The second-order valence-electron chi connectivity index (χ2n) is 10.1. The standard InChI is InChI=1S/C30H30ClN5O2/c31-24-7-3-6-21(17-24)23-11-12-32-28(33-19-23)30(38)36-14-4-13-35(15-16-36)29(37)26-18-22-5-1-2-8-25(22)27(34-26)20-9-10-20/h1-3,5-8,17-20H,4,9-16H2,(H,32,33). The minimum atomic E-state index is -0.136. The van der Waals surface area contributed by atoms with Crippen molar-refractivity contribution in [3.8, 4) is 0 Å². The summed E-state index contributed by atoms with van der Waals surface area (Å²) in [6.45, 7) is 2.61. The van der Waals surface area contributed by atoms with Crippen LogP contribution in [0.1, 0.15) is 53.3 Å². The molecule has 0 bridgehead atoms. The summed E-state index contributed by atoms with van der Waals surface area (Å²) in [7, 11) is 0. The number of amides is 2. The van der Waals surface area contributed by atoms with Gasteiger partial charge < -0.3 is 15.1 Å². The summed E-state index contributed by atoms with van der Waals surface area (Å²) >= 11 is 6.16. The average Bonchev–Trinajstić information content (AvgIpc) is 3.80. The number of carbonyl (C=O) groups excluding carboxylic acids is 2. The molecule has 1 aliphatic carbocycles. The molecule has 2 amide bonds. The fourth-order valence-electron chi connectivity index (χ4n) is 5.25. The van der Waals surface area contributed by atoms with Crippen molar-refractivity contribution in [2.24, 2.45) is 4.99 Å². The Hall–Kier alpha value is -3.71. The highest BCUT2D eigenvalue weighted by Gasteiger charge is 2.30. The molecule has 0 unspecified atom stereocenters. The van der Waals surface area contributed by atoms with Crippen molar-refractivity contribution in [2.75, 3.05) is 32.7 Å². The number of rotatable bonds is 4. The SMILES string of the molecule is O=C(C1=NCCC(c2cccc(Cl)c2)=CN1)N1CCCN(C(=O)c2cc3ccccc3c(C3CC3)n2)CC1. The van der Waals surface area contributed by atoms with Crippen LogP contribution in [-0.2, 0) is 4.79 Å². The van der Waals surface area contributed by atoms with E-state index in [0.717, 1.165) is 40.4 Å². The Kier molecular flexibility index (Phi) is 6.85. The van der Waals surface area contributed by atoms with Crippen molar-refractivity contribution in [1.29, 1.82) is 0 Å². The highest BCUT2D eigenvalue weighted by molar-refractivity contribution is 6.38. The number of benzene rings is 2. The molecule has 8 heteroatoms. The van der Waals surface area contributed by atoms with Gasteiger partial charge in [-0.25, -0.2) is 4.98 Å². The van der Waals surface area contributed by atoms with Gasteiger partial charge in [-0.15, -0.1) is 0 Å². The van der Waals surface area contributed by atoms with Gasteiger partial charge in [0.1, 0.15) is 5.69 Å². The number of halogens is 1. The molecule has 3 aromatic rings. The predicted molar refractivity (Wildman–Crippen MR) is 150 cm³/mol. The first kappa shape index (κ1) is 24.6. The number of aliphatic imine (C=N–C) groups is 1. The molecule has 3 aliphatic rings. The highest BCUT2D eigenvalue weighted by Crippen LogP contribution is 2.42. The van der Waals surface area contributed by atoms with Crippen molar-refractivity contribution < 1.29 is 9.59 Å². The van der Waals surface area contributed by atoms with Crippen molar-refractivity contribution >= 4 is 45.6 Å². The number of pyridine rings is 1. The van der Waals surface area contributed by atoms with E-state index in [4.69, 9.17) is 16.6 Å². The molecule has 6 rings (SSSR count). The quantitative estimate of drug-likeness (QED) is 0.525. The lowest BCUT2D eigenvalue weighted by Crippen LogP contribution is -2.43. The van der Waals surface area contributed by atoms with Crippen LogP contribution in [0.5, 0.6) is 0 Å². The number of carbonyl (C=O) groups is 2. The van der Waals surface area contributed by atoms with E-state index in [1.54, 1.807) is 4.90 Å². The van der Waals surface area contributed by atoms with Crippen LogP contribution in [0.25, 0.3) is 16.3 Å². The maximum Gasteiger partial charge on any atom is 0.289 e. The minimum absolute atomic E-state index is 0.0639. The van der Waals surface area contributed by atoms with Gasteiger partial charge in [0.2, 0.25) is 0 Å². The predicted octanol–water partition coefficient (Wildman–Crippen LogP) is 4.87. The normalized spacial score (nSPS) is 18.2. The molecule has 1 N–H and O–H groups in total. The molecule has 38 heavy (non-hydrogen) atoms. The molecule has 1 saturated carbocycles. The van der Waals surface area contributed by atoms with E-state index in [-0.39, 0.29) is 11.8 Å².